The maximum Gasteiger partial charge on any atom is 0.460 e. The van der Waals surface area contributed by atoms with Crippen LogP contribution in [0.2, 0.25) is 0 Å². The molecule has 1 aliphatic carbocycles. The molecule has 1 fully saturated rings. The van der Waals surface area contributed by atoms with Gasteiger partial charge in [-0.15, -0.1) is 0 Å². The van der Waals surface area contributed by atoms with Gasteiger partial charge in [0.05, 0.1) is 0 Å². The van der Waals surface area contributed by atoms with E-state index < -0.39 is 58.0 Å². The largest absolute Gasteiger partial charge is 0.460 e. The number of hydrogen-bond donors (Lipinski definition) is 0. The molecule has 0 N–H and O–H groups in total. The molecule has 0 bridgehead atoms. The van der Waals surface area contributed by atoms with Gasteiger partial charge in [0.25, 0.3) is 0 Å². The SMILES string of the molecule is FC(F)(F)C(F)(F)C(F)(F)C(F)(F)C(F)(F)C(F)(F)C(F)(F)C1CCCCCC1I. The van der Waals surface area contributed by atoms with Crippen LogP contribution in [0.3, 0.4) is 0 Å². The molecule has 0 heterocycles. The molecule has 0 spiro atoms. The van der Waals surface area contributed by atoms with Crippen molar-refractivity contribution in [2.45, 2.75) is 77.7 Å². The third-order valence-electron chi connectivity index (χ3n) is 4.75. The second-order valence-corrected chi connectivity index (χ2v) is 8.35. The predicted molar refractivity (Wildman–Crippen MR) is 80.1 cm³/mol. The Morgan fingerprint density at radius 2 is 0.833 bits per heavy atom. The summed E-state index contributed by atoms with van der Waals surface area (Å²) in [5.74, 6) is -48.6. The van der Waals surface area contributed by atoms with E-state index in [0.717, 1.165) is 22.6 Å². The van der Waals surface area contributed by atoms with E-state index in [9.17, 15) is 65.9 Å². The van der Waals surface area contributed by atoms with Crippen molar-refractivity contribution in [3.8, 4) is 0 Å². The fourth-order valence-corrected chi connectivity index (χ4v) is 4.13. The van der Waals surface area contributed by atoms with Gasteiger partial charge in [0.1, 0.15) is 0 Å². The number of rotatable bonds is 6. The lowest BCUT2D eigenvalue weighted by molar-refractivity contribution is -0.454. The Bertz CT molecular complexity index is 609. The Kier molecular flexibility index (Phi) is 7.31. The van der Waals surface area contributed by atoms with Gasteiger partial charge in [0.2, 0.25) is 0 Å². The van der Waals surface area contributed by atoms with Crippen molar-refractivity contribution in [2.24, 2.45) is 5.92 Å². The van der Waals surface area contributed by atoms with Gasteiger partial charge in [-0.1, -0.05) is 41.9 Å². The summed E-state index contributed by atoms with van der Waals surface area (Å²) in [5, 5.41) is 0. The fraction of sp³-hybridized carbons (Fsp3) is 1.00. The van der Waals surface area contributed by atoms with Crippen LogP contribution in [-0.2, 0) is 0 Å². The van der Waals surface area contributed by atoms with Crippen LogP contribution in [0.5, 0.6) is 0 Å². The first-order valence-corrected chi connectivity index (χ1v) is 9.24. The molecule has 0 aliphatic heterocycles. The van der Waals surface area contributed by atoms with E-state index in [2.05, 4.69) is 0 Å². The van der Waals surface area contributed by atoms with Crippen molar-refractivity contribution >= 4 is 22.6 Å². The first-order valence-electron chi connectivity index (χ1n) is 7.99. The minimum Gasteiger partial charge on any atom is -0.199 e. The van der Waals surface area contributed by atoms with Crippen molar-refractivity contribution in [1.82, 2.24) is 0 Å². The lowest BCUT2D eigenvalue weighted by atomic mass is 9.83. The van der Waals surface area contributed by atoms with Crippen LogP contribution in [0.4, 0.5) is 65.9 Å². The molecule has 0 saturated heterocycles. The molecule has 0 aromatic rings. The first-order chi connectivity index (χ1) is 13.0. The van der Waals surface area contributed by atoms with Gasteiger partial charge in [-0.25, -0.2) is 0 Å². The van der Waals surface area contributed by atoms with E-state index in [1.54, 1.807) is 0 Å². The van der Waals surface area contributed by atoms with Crippen LogP contribution in [0.25, 0.3) is 0 Å². The molecule has 1 rings (SSSR count). The normalized spacial score (nSPS) is 24.0. The second-order valence-electron chi connectivity index (χ2n) is 6.75. The van der Waals surface area contributed by atoms with Gasteiger partial charge in [-0.05, 0) is 12.8 Å². The van der Waals surface area contributed by atoms with Crippen LogP contribution >= 0.6 is 22.6 Å². The van der Waals surface area contributed by atoms with Gasteiger partial charge in [0, 0.05) is 9.84 Å². The van der Waals surface area contributed by atoms with E-state index in [1.807, 2.05) is 0 Å². The zero-order valence-electron chi connectivity index (χ0n) is 14.2. The quantitative estimate of drug-likeness (QED) is 0.128. The summed E-state index contributed by atoms with van der Waals surface area (Å²) in [6, 6.07) is 0. The Labute approximate surface area is 172 Å². The lowest BCUT2D eigenvalue weighted by Gasteiger charge is -2.43. The molecule has 30 heavy (non-hydrogen) atoms. The molecule has 0 aromatic carbocycles. The summed E-state index contributed by atoms with van der Waals surface area (Å²) in [4.78, 5) is 0. The third-order valence-corrected chi connectivity index (χ3v) is 6.24. The molecule has 0 amide bonds. The van der Waals surface area contributed by atoms with Gasteiger partial charge >= 0.3 is 41.7 Å². The van der Waals surface area contributed by atoms with Crippen molar-refractivity contribution < 1.29 is 65.9 Å². The van der Waals surface area contributed by atoms with E-state index in [4.69, 9.17) is 0 Å². The van der Waals surface area contributed by atoms with Crippen LogP contribution in [0.1, 0.15) is 32.1 Å². The number of halogens is 16. The molecule has 1 aliphatic rings. The highest BCUT2D eigenvalue weighted by molar-refractivity contribution is 14.1. The molecular formula is C14H12F15I. The minimum absolute atomic E-state index is 0.161. The average Bonchev–Trinajstić information content (AvgIpc) is 2.77. The maximum atomic E-state index is 14.2. The molecule has 16 heteroatoms. The molecule has 0 nitrogen and oxygen atoms in total. The highest BCUT2D eigenvalue weighted by atomic mass is 127. The molecule has 1 saturated carbocycles. The van der Waals surface area contributed by atoms with Crippen molar-refractivity contribution in [1.29, 1.82) is 0 Å². The third kappa shape index (κ3) is 3.83. The minimum atomic E-state index is -8.21. The Balaban J connectivity index is 3.54. The second kappa shape index (κ2) is 7.92. The zero-order valence-corrected chi connectivity index (χ0v) is 16.4. The number of hydrogen-bond acceptors (Lipinski definition) is 0. The lowest BCUT2D eigenvalue weighted by Crippen LogP contribution is -2.73. The Morgan fingerprint density at radius 3 is 1.27 bits per heavy atom. The first kappa shape index (κ1) is 27.7. The summed E-state index contributed by atoms with van der Waals surface area (Å²) < 4.78 is 197. The van der Waals surface area contributed by atoms with Crippen molar-refractivity contribution in [2.75, 3.05) is 0 Å². The average molecular weight is 592 g/mol. The number of alkyl halides is 16. The summed E-state index contributed by atoms with van der Waals surface area (Å²) in [6.07, 6.45) is -8.69. The zero-order chi connectivity index (χ0) is 24.2. The molecular weight excluding hydrogens is 580 g/mol. The van der Waals surface area contributed by atoms with Crippen molar-refractivity contribution in [3.63, 3.8) is 0 Å². The van der Waals surface area contributed by atoms with E-state index in [-0.39, 0.29) is 25.7 Å². The predicted octanol–water partition coefficient (Wildman–Crippen LogP) is 7.74. The fourth-order valence-electron chi connectivity index (χ4n) is 2.88. The van der Waals surface area contributed by atoms with Crippen LogP contribution in [0.15, 0.2) is 0 Å². The molecule has 180 valence electrons. The highest BCUT2D eigenvalue weighted by Gasteiger charge is 2.93. The smallest absolute Gasteiger partial charge is 0.199 e. The standard InChI is InChI=1S/C14H12F15I/c15-8(16,6-4-2-1-3-5-7(6)30)9(17,18)10(19,20)11(21,22)12(23,24)13(25,26)14(27,28)29/h6-7H,1-5H2. The summed E-state index contributed by atoms with van der Waals surface area (Å²) in [7, 11) is 0. The molecule has 2 atom stereocenters. The summed E-state index contributed by atoms with van der Waals surface area (Å²) in [6.45, 7) is 0. The maximum absolute atomic E-state index is 14.2. The monoisotopic (exact) mass is 592 g/mol. The van der Waals surface area contributed by atoms with Crippen LogP contribution in [-0.4, -0.2) is 45.6 Å². The topological polar surface area (TPSA) is 0 Å². The summed E-state index contributed by atoms with van der Waals surface area (Å²) in [5.41, 5.74) is 0. The molecule has 0 aromatic heterocycles. The summed E-state index contributed by atoms with van der Waals surface area (Å²) >= 11 is 1.13. The Morgan fingerprint density at radius 1 is 0.467 bits per heavy atom. The van der Waals surface area contributed by atoms with Crippen molar-refractivity contribution in [3.05, 3.63) is 0 Å². The van der Waals surface area contributed by atoms with E-state index >= 15 is 0 Å². The Hall–Kier alpha value is -0.320. The molecule has 2 unspecified atom stereocenters. The van der Waals surface area contributed by atoms with E-state index in [1.165, 1.54) is 0 Å². The van der Waals surface area contributed by atoms with Gasteiger partial charge in [-0.3, -0.25) is 0 Å². The van der Waals surface area contributed by atoms with Gasteiger partial charge < -0.3 is 0 Å². The molecule has 0 radical (unpaired) electrons. The van der Waals surface area contributed by atoms with E-state index in [0.29, 0.717) is 0 Å². The van der Waals surface area contributed by atoms with Crippen LogP contribution < -0.4 is 0 Å². The highest BCUT2D eigenvalue weighted by Crippen LogP contribution is 2.63. The van der Waals surface area contributed by atoms with Gasteiger partial charge in [0.15, 0.2) is 0 Å². The van der Waals surface area contributed by atoms with Gasteiger partial charge in [-0.2, -0.15) is 65.9 Å². The van der Waals surface area contributed by atoms with Crippen LogP contribution in [0, 0.1) is 5.92 Å².